The summed E-state index contributed by atoms with van der Waals surface area (Å²) in [5, 5.41) is 9.02. The number of carbonyl (C=O) groups is 2. The van der Waals surface area contributed by atoms with Crippen LogP contribution in [0.4, 0.5) is 0 Å². The van der Waals surface area contributed by atoms with Crippen LogP contribution in [0, 0.1) is 16.7 Å². The van der Waals surface area contributed by atoms with Gasteiger partial charge in [0.15, 0.2) is 0 Å². The molecule has 17 heavy (non-hydrogen) atoms. The molecule has 1 aliphatic rings. The van der Waals surface area contributed by atoms with Gasteiger partial charge in [-0.25, -0.2) is 0 Å². The first-order valence-electron chi connectivity index (χ1n) is 5.52. The lowest BCUT2D eigenvalue weighted by atomic mass is 9.83. The zero-order valence-corrected chi connectivity index (χ0v) is 9.94. The molecule has 0 aliphatic carbocycles. The summed E-state index contributed by atoms with van der Waals surface area (Å²) in [7, 11) is 0. The van der Waals surface area contributed by atoms with E-state index in [2.05, 4.69) is 6.07 Å². The smallest absolute Gasteiger partial charge is 0.248 e. The zero-order chi connectivity index (χ0) is 12.9. The van der Waals surface area contributed by atoms with Crippen molar-refractivity contribution < 1.29 is 14.3 Å². The topological polar surface area (TPSA) is 96.4 Å². The lowest BCUT2D eigenvalue weighted by Gasteiger charge is -2.35. The van der Waals surface area contributed by atoms with Crippen LogP contribution in [0.15, 0.2) is 0 Å². The molecule has 0 spiro atoms. The second-order valence-electron chi connectivity index (χ2n) is 4.55. The van der Waals surface area contributed by atoms with Crippen LogP contribution in [0.1, 0.15) is 19.8 Å². The van der Waals surface area contributed by atoms with Gasteiger partial charge in [0.1, 0.15) is 13.2 Å². The first-order chi connectivity index (χ1) is 7.97. The highest BCUT2D eigenvalue weighted by atomic mass is 16.5. The maximum Gasteiger partial charge on any atom is 0.248 e. The van der Waals surface area contributed by atoms with E-state index < -0.39 is 11.3 Å². The molecule has 0 saturated carbocycles. The minimum absolute atomic E-state index is 0.162. The Kier molecular flexibility index (Phi) is 4.46. The molecule has 0 radical (unpaired) electrons. The number of ether oxygens (including phenoxy) is 1. The number of nitrogens with zero attached hydrogens (tertiary/aromatic N) is 2. The lowest BCUT2D eigenvalue weighted by Crippen LogP contribution is -2.45. The third-order valence-corrected chi connectivity index (χ3v) is 2.79. The molecule has 0 bridgehead atoms. The summed E-state index contributed by atoms with van der Waals surface area (Å²) in [6, 6.07) is 2.23. The van der Waals surface area contributed by atoms with Crippen LogP contribution >= 0.6 is 0 Å². The molecule has 1 fully saturated rings. The lowest BCUT2D eigenvalue weighted by molar-refractivity contribution is -0.140. The Morgan fingerprint density at radius 1 is 1.53 bits per heavy atom. The average molecular weight is 239 g/mol. The van der Waals surface area contributed by atoms with Crippen LogP contribution in [0.2, 0.25) is 0 Å². The van der Waals surface area contributed by atoms with Crippen molar-refractivity contribution in [3.63, 3.8) is 0 Å². The number of carbonyl (C=O) groups excluding carboxylic acids is 2. The number of nitrogens with two attached hydrogens (primary N) is 1. The zero-order valence-electron chi connectivity index (χ0n) is 9.94. The highest BCUT2D eigenvalue weighted by Gasteiger charge is 2.32. The first kappa shape index (κ1) is 13.5. The number of rotatable bonds is 4. The van der Waals surface area contributed by atoms with Gasteiger partial charge in [-0.15, -0.1) is 0 Å². The van der Waals surface area contributed by atoms with E-state index in [0.29, 0.717) is 13.1 Å². The molecule has 0 aromatic heterocycles. The van der Waals surface area contributed by atoms with Gasteiger partial charge in [-0.2, -0.15) is 5.26 Å². The summed E-state index contributed by atoms with van der Waals surface area (Å²) in [5.41, 5.74) is 4.42. The first-order valence-corrected chi connectivity index (χ1v) is 5.52. The van der Waals surface area contributed by atoms with Crippen molar-refractivity contribution in [2.75, 3.05) is 26.3 Å². The number of nitriles is 1. The Bertz CT molecular complexity index is 350. The highest BCUT2D eigenvalue weighted by Crippen LogP contribution is 2.28. The Hall–Kier alpha value is -1.61. The normalized spacial score (nSPS) is 24.1. The van der Waals surface area contributed by atoms with Gasteiger partial charge >= 0.3 is 0 Å². The minimum Gasteiger partial charge on any atom is -0.368 e. The van der Waals surface area contributed by atoms with Crippen molar-refractivity contribution >= 4 is 11.8 Å². The van der Waals surface area contributed by atoms with E-state index in [1.807, 2.05) is 6.92 Å². The van der Waals surface area contributed by atoms with Crippen LogP contribution in [-0.4, -0.2) is 43.0 Å². The molecule has 1 atom stereocenters. The molecular formula is C11H17N3O3. The molecule has 2 amide bonds. The molecule has 1 aliphatic heterocycles. The third kappa shape index (κ3) is 4.04. The van der Waals surface area contributed by atoms with E-state index in [-0.39, 0.29) is 19.1 Å². The van der Waals surface area contributed by atoms with E-state index in [9.17, 15) is 9.59 Å². The van der Waals surface area contributed by atoms with Gasteiger partial charge in [-0.05, 0) is 19.8 Å². The van der Waals surface area contributed by atoms with E-state index in [1.54, 1.807) is 4.90 Å². The molecule has 6 heteroatoms. The molecule has 94 valence electrons. The quantitative estimate of drug-likeness (QED) is 0.724. The molecule has 0 aromatic rings. The van der Waals surface area contributed by atoms with Gasteiger partial charge in [-0.1, -0.05) is 0 Å². The van der Waals surface area contributed by atoms with Crippen LogP contribution in [0.25, 0.3) is 0 Å². The Morgan fingerprint density at radius 3 is 2.82 bits per heavy atom. The summed E-state index contributed by atoms with van der Waals surface area (Å²) in [6.07, 6.45) is 1.61. The molecule has 1 saturated heterocycles. The SMILES string of the molecule is CC1(C#N)CCCN(C(=O)COCC(N)=O)C1. The maximum absolute atomic E-state index is 11.7. The van der Waals surface area contributed by atoms with Gasteiger partial charge in [0, 0.05) is 13.1 Å². The summed E-state index contributed by atoms with van der Waals surface area (Å²) >= 11 is 0. The van der Waals surface area contributed by atoms with Crippen molar-refractivity contribution in [1.29, 1.82) is 5.26 Å². The average Bonchev–Trinajstić information content (AvgIpc) is 2.28. The van der Waals surface area contributed by atoms with Crippen molar-refractivity contribution in [3.8, 4) is 6.07 Å². The number of hydrogen-bond donors (Lipinski definition) is 1. The molecule has 0 aromatic carbocycles. The van der Waals surface area contributed by atoms with Gasteiger partial charge in [0.25, 0.3) is 0 Å². The predicted octanol–water partition coefficient (Wildman–Crippen LogP) is -0.359. The van der Waals surface area contributed by atoms with Crippen LogP contribution in [-0.2, 0) is 14.3 Å². The Labute approximate surface area is 100 Å². The summed E-state index contributed by atoms with van der Waals surface area (Å²) < 4.78 is 4.86. The summed E-state index contributed by atoms with van der Waals surface area (Å²) in [5.74, 6) is -0.800. The van der Waals surface area contributed by atoms with Gasteiger partial charge in [-0.3, -0.25) is 9.59 Å². The second kappa shape index (κ2) is 5.64. The number of amides is 2. The highest BCUT2D eigenvalue weighted by molar-refractivity contribution is 5.79. The fourth-order valence-corrected chi connectivity index (χ4v) is 1.87. The maximum atomic E-state index is 11.7. The third-order valence-electron chi connectivity index (χ3n) is 2.79. The number of primary amides is 1. The monoisotopic (exact) mass is 239 g/mol. The minimum atomic E-state index is -0.599. The van der Waals surface area contributed by atoms with Crippen molar-refractivity contribution in [2.24, 2.45) is 11.1 Å². The molecule has 6 nitrogen and oxygen atoms in total. The van der Waals surface area contributed by atoms with Crippen molar-refractivity contribution in [3.05, 3.63) is 0 Å². The molecule has 1 unspecified atom stereocenters. The second-order valence-corrected chi connectivity index (χ2v) is 4.55. The molecular weight excluding hydrogens is 222 g/mol. The van der Waals surface area contributed by atoms with E-state index in [0.717, 1.165) is 12.8 Å². The Morgan fingerprint density at radius 2 is 2.24 bits per heavy atom. The molecule has 1 rings (SSSR count). The fourth-order valence-electron chi connectivity index (χ4n) is 1.87. The van der Waals surface area contributed by atoms with Crippen molar-refractivity contribution in [1.82, 2.24) is 4.90 Å². The number of piperidine rings is 1. The van der Waals surface area contributed by atoms with E-state index in [1.165, 1.54) is 0 Å². The number of likely N-dealkylation sites (tertiary alicyclic amines) is 1. The largest absolute Gasteiger partial charge is 0.368 e. The van der Waals surface area contributed by atoms with Crippen LogP contribution < -0.4 is 5.73 Å². The van der Waals surface area contributed by atoms with E-state index >= 15 is 0 Å². The number of hydrogen-bond acceptors (Lipinski definition) is 4. The van der Waals surface area contributed by atoms with E-state index in [4.69, 9.17) is 15.7 Å². The van der Waals surface area contributed by atoms with Gasteiger partial charge in [0.2, 0.25) is 11.8 Å². The van der Waals surface area contributed by atoms with Gasteiger partial charge < -0.3 is 15.4 Å². The van der Waals surface area contributed by atoms with Crippen LogP contribution in [0.3, 0.4) is 0 Å². The summed E-state index contributed by atoms with van der Waals surface area (Å²) in [6.45, 7) is 2.48. The van der Waals surface area contributed by atoms with Crippen LogP contribution in [0.5, 0.6) is 0 Å². The molecule has 1 heterocycles. The Balaban J connectivity index is 2.42. The standard InChI is InChI=1S/C11H17N3O3/c1-11(7-12)3-2-4-14(8-11)10(16)6-17-5-9(13)15/h2-6,8H2,1H3,(H2,13,15). The van der Waals surface area contributed by atoms with Crippen molar-refractivity contribution in [2.45, 2.75) is 19.8 Å². The predicted molar refractivity (Wildman–Crippen MR) is 59.5 cm³/mol. The van der Waals surface area contributed by atoms with Gasteiger partial charge in [0.05, 0.1) is 11.5 Å². The molecule has 2 N–H and O–H groups in total. The summed E-state index contributed by atoms with van der Waals surface area (Å²) in [4.78, 5) is 23.8. The fraction of sp³-hybridized carbons (Fsp3) is 0.727.